The van der Waals surface area contributed by atoms with Gasteiger partial charge in [0.25, 0.3) is 0 Å². The first-order chi connectivity index (χ1) is 13.8. The van der Waals surface area contributed by atoms with Gasteiger partial charge in [-0.3, -0.25) is 9.78 Å². The molecule has 0 aliphatic heterocycles. The number of alkyl halides is 3. The number of thiazole rings is 1. The topological polar surface area (TPSA) is 71.6 Å². The Morgan fingerprint density at radius 2 is 1.76 bits per heavy atom. The number of aromatic nitrogens is 1. The highest BCUT2D eigenvalue weighted by Gasteiger charge is 2.29. The van der Waals surface area contributed by atoms with Crippen LogP contribution in [0.5, 0.6) is 11.6 Å². The fraction of sp³-hybridized carbons (Fsp3) is 0.250. The molecule has 3 rings (SSSR count). The summed E-state index contributed by atoms with van der Waals surface area (Å²) >= 11 is 0.939. The maximum Gasteiger partial charge on any atom is 0.416 e. The molecule has 29 heavy (non-hydrogen) atoms. The van der Waals surface area contributed by atoms with E-state index < -0.39 is 11.7 Å². The van der Waals surface area contributed by atoms with Crippen LogP contribution in [-0.2, 0) is 30.5 Å². The molecular weight excluding hydrogens is 407 g/mol. The summed E-state index contributed by atoms with van der Waals surface area (Å²) < 4.78 is 48.8. The van der Waals surface area contributed by atoms with Gasteiger partial charge in [0.15, 0.2) is 0 Å². The number of halogens is 3. The number of aromatic amines is 1. The zero-order valence-corrected chi connectivity index (χ0v) is 16.2. The molecule has 1 heterocycles. The van der Waals surface area contributed by atoms with E-state index in [-0.39, 0.29) is 24.0 Å². The van der Waals surface area contributed by atoms with Gasteiger partial charge in [-0.05, 0) is 35.4 Å². The standard InChI is InChI=1S/C20H18F3NO4S/c1-27-16-7-4-13(9-17-18(25)24-19(26)29-17)8-14(16)11-28-10-12-2-5-15(6-3-12)20(21,22)23/h2-8,25H,9-11H2,1H3,(H,24,26). The summed E-state index contributed by atoms with van der Waals surface area (Å²) in [7, 11) is 1.53. The van der Waals surface area contributed by atoms with Crippen molar-refractivity contribution in [3.63, 3.8) is 0 Å². The second-order valence-electron chi connectivity index (χ2n) is 6.30. The number of aromatic hydroxyl groups is 1. The van der Waals surface area contributed by atoms with Crippen molar-refractivity contribution < 1.29 is 27.8 Å². The van der Waals surface area contributed by atoms with Crippen LogP contribution in [0.15, 0.2) is 47.3 Å². The predicted molar refractivity (Wildman–Crippen MR) is 102 cm³/mol. The quantitative estimate of drug-likeness (QED) is 0.586. The number of methoxy groups -OCH3 is 1. The molecule has 0 aliphatic rings. The van der Waals surface area contributed by atoms with E-state index in [0.29, 0.717) is 22.6 Å². The van der Waals surface area contributed by atoms with Gasteiger partial charge in [-0.25, -0.2) is 0 Å². The first-order valence-electron chi connectivity index (χ1n) is 8.57. The summed E-state index contributed by atoms with van der Waals surface area (Å²) in [5.41, 5.74) is 1.52. The maximum atomic E-state index is 12.6. The summed E-state index contributed by atoms with van der Waals surface area (Å²) in [6.45, 7) is 0.332. The van der Waals surface area contributed by atoms with Crippen LogP contribution < -0.4 is 9.61 Å². The highest BCUT2D eigenvalue weighted by molar-refractivity contribution is 7.09. The number of ether oxygens (including phenoxy) is 2. The third-order valence-electron chi connectivity index (χ3n) is 4.22. The van der Waals surface area contributed by atoms with Gasteiger partial charge in [-0.2, -0.15) is 13.2 Å². The lowest BCUT2D eigenvalue weighted by Crippen LogP contribution is -2.05. The fourth-order valence-corrected chi connectivity index (χ4v) is 3.54. The second-order valence-corrected chi connectivity index (χ2v) is 7.36. The number of H-pyrrole nitrogens is 1. The molecule has 2 aromatic carbocycles. The fourth-order valence-electron chi connectivity index (χ4n) is 2.78. The molecule has 0 fully saturated rings. The van der Waals surface area contributed by atoms with Crippen LogP contribution in [0, 0.1) is 0 Å². The van der Waals surface area contributed by atoms with Crippen molar-refractivity contribution in [3.05, 3.63) is 79.3 Å². The van der Waals surface area contributed by atoms with Gasteiger partial charge in [0.1, 0.15) is 5.75 Å². The third-order valence-corrected chi connectivity index (χ3v) is 5.09. The van der Waals surface area contributed by atoms with E-state index in [1.807, 2.05) is 12.1 Å². The zero-order valence-electron chi connectivity index (χ0n) is 15.4. The molecule has 0 unspecified atom stereocenters. The van der Waals surface area contributed by atoms with Gasteiger partial charge in [0.05, 0.1) is 30.8 Å². The average molecular weight is 425 g/mol. The van der Waals surface area contributed by atoms with Crippen molar-refractivity contribution in [2.45, 2.75) is 25.8 Å². The minimum Gasteiger partial charge on any atom is -0.496 e. The normalized spacial score (nSPS) is 11.6. The van der Waals surface area contributed by atoms with Crippen LogP contribution >= 0.6 is 11.3 Å². The number of hydrogen-bond acceptors (Lipinski definition) is 5. The largest absolute Gasteiger partial charge is 0.496 e. The van der Waals surface area contributed by atoms with E-state index >= 15 is 0 Å². The Morgan fingerprint density at radius 1 is 1.07 bits per heavy atom. The summed E-state index contributed by atoms with van der Waals surface area (Å²) in [6.07, 6.45) is -4.00. The Morgan fingerprint density at radius 3 is 2.34 bits per heavy atom. The molecule has 0 saturated carbocycles. The molecule has 5 nitrogen and oxygen atoms in total. The van der Waals surface area contributed by atoms with E-state index in [9.17, 15) is 23.1 Å². The average Bonchev–Trinajstić information content (AvgIpc) is 2.98. The Bertz CT molecular complexity index is 1030. The Kier molecular flexibility index (Phi) is 6.29. The Hall–Kier alpha value is -2.78. The highest BCUT2D eigenvalue weighted by atomic mass is 32.1. The second kappa shape index (κ2) is 8.71. The minimum absolute atomic E-state index is 0.143. The lowest BCUT2D eigenvalue weighted by Gasteiger charge is -2.12. The predicted octanol–water partition coefficient (Wildman–Crippen LogP) is 4.48. The van der Waals surface area contributed by atoms with E-state index in [4.69, 9.17) is 9.47 Å². The lowest BCUT2D eigenvalue weighted by molar-refractivity contribution is -0.137. The number of hydrogen-bond donors (Lipinski definition) is 2. The van der Waals surface area contributed by atoms with Crippen molar-refractivity contribution >= 4 is 11.3 Å². The molecule has 0 radical (unpaired) electrons. The van der Waals surface area contributed by atoms with Gasteiger partial charge in [0, 0.05) is 12.0 Å². The monoisotopic (exact) mass is 425 g/mol. The number of rotatable bonds is 7. The van der Waals surface area contributed by atoms with Crippen molar-refractivity contribution in [2.75, 3.05) is 7.11 Å². The Balaban J connectivity index is 1.66. The highest BCUT2D eigenvalue weighted by Crippen LogP contribution is 2.29. The van der Waals surface area contributed by atoms with Crippen LogP contribution in [0.2, 0.25) is 0 Å². The van der Waals surface area contributed by atoms with Crippen LogP contribution in [0.25, 0.3) is 0 Å². The van der Waals surface area contributed by atoms with Gasteiger partial charge in [-0.1, -0.05) is 29.5 Å². The smallest absolute Gasteiger partial charge is 0.416 e. The van der Waals surface area contributed by atoms with Crippen LogP contribution in [0.1, 0.15) is 27.1 Å². The van der Waals surface area contributed by atoms with E-state index in [2.05, 4.69) is 4.98 Å². The van der Waals surface area contributed by atoms with Crippen molar-refractivity contribution in [1.82, 2.24) is 4.98 Å². The summed E-state index contributed by atoms with van der Waals surface area (Å²) in [6, 6.07) is 10.2. The van der Waals surface area contributed by atoms with Crippen LogP contribution in [0.3, 0.4) is 0 Å². The van der Waals surface area contributed by atoms with Gasteiger partial charge in [0.2, 0.25) is 5.88 Å². The van der Waals surface area contributed by atoms with Gasteiger partial charge < -0.3 is 14.6 Å². The zero-order chi connectivity index (χ0) is 21.0. The summed E-state index contributed by atoms with van der Waals surface area (Å²) in [5.74, 6) is 0.462. The van der Waals surface area contributed by atoms with Gasteiger partial charge >= 0.3 is 11.0 Å². The molecule has 154 valence electrons. The summed E-state index contributed by atoms with van der Waals surface area (Å²) in [5, 5.41) is 9.74. The molecule has 0 bridgehead atoms. The molecule has 0 spiro atoms. The molecule has 9 heteroatoms. The van der Waals surface area contributed by atoms with Crippen molar-refractivity contribution in [1.29, 1.82) is 0 Å². The molecule has 0 atom stereocenters. The van der Waals surface area contributed by atoms with Crippen LogP contribution in [-0.4, -0.2) is 17.2 Å². The number of benzene rings is 2. The SMILES string of the molecule is COc1ccc(Cc2sc(=O)[nH]c2O)cc1COCc1ccc(C(F)(F)F)cc1. The minimum atomic E-state index is -4.37. The molecular formula is C20H18F3NO4S. The van der Waals surface area contributed by atoms with Crippen molar-refractivity contribution in [3.8, 4) is 11.6 Å². The molecule has 1 aromatic heterocycles. The molecule has 0 amide bonds. The maximum absolute atomic E-state index is 12.6. The first kappa shape index (κ1) is 20.9. The Labute approximate surface area is 168 Å². The van der Waals surface area contributed by atoms with Crippen molar-refractivity contribution in [2.24, 2.45) is 0 Å². The van der Waals surface area contributed by atoms with Gasteiger partial charge in [-0.15, -0.1) is 0 Å². The molecule has 0 saturated heterocycles. The first-order valence-corrected chi connectivity index (χ1v) is 9.38. The summed E-state index contributed by atoms with van der Waals surface area (Å²) in [4.78, 5) is 13.8. The van der Waals surface area contributed by atoms with E-state index in [0.717, 1.165) is 34.6 Å². The number of nitrogens with one attached hydrogen (secondary N) is 1. The molecule has 0 aliphatic carbocycles. The molecule has 3 aromatic rings. The lowest BCUT2D eigenvalue weighted by atomic mass is 10.1. The van der Waals surface area contributed by atoms with Crippen LogP contribution in [0.4, 0.5) is 13.2 Å². The van der Waals surface area contributed by atoms with E-state index in [1.165, 1.54) is 19.2 Å². The third kappa shape index (κ3) is 5.39. The molecule has 2 N–H and O–H groups in total. The van der Waals surface area contributed by atoms with E-state index in [1.54, 1.807) is 6.07 Å².